The van der Waals surface area contributed by atoms with Crippen molar-refractivity contribution in [2.45, 2.75) is 51.6 Å². The van der Waals surface area contributed by atoms with E-state index < -0.39 is 6.10 Å². The van der Waals surface area contributed by atoms with Gasteiger partial charge in [-0.1, -0.05) is 13.8 Å². The Morgan fingerprint density at radius 1 is 1.38 bits per heavy atom. The fourth-order valence-electron chi connectivity index (χ4n) is 1.96. The minimum absolute atomic E-state index is 0.0730. The van der Waals surface area contributed by atoms with E-state index in [1.54, 1.807) is 7.11 Å². The van der Waals surface area contributed by atoms with E-state index in [0.29, 0.717) is 0 Å². The van der Waals surface area contributed by atoms with Crippen molar-refractivity contribution in [3.63, 3.8) is 0 Å². The van der Waals surface area contributed by atoms with Gasteiger partial charge in [-0.05, 0) is 13.3 Å². The molecule has 78 valence electrons. The van der Waals surface area contributed by atoms with E-state index in [1.807, 2.05) is 20.8 Å². The van der Waals surface area contributed by atoms with Gasteiger partial charge in [-0.2, -0.15) is 0 Å². The molecule has 0 aromatic heterocycles. The van der Waals surface area contributed by atoms with Gasteiger partial charge in [-0.3, -0.25) is 0 Å². The van der Waals surface area contributed by atoms with Crippen LogP contribution in [0.1, 0.15) is 27.2 Å². The Balaban J connectivity index is 2.69. The zero-order valence-corrected chi connectivity index (χ0v) is 8.86. The zero-order valence-electron chi connectivity index (χ0n) is 8.86. The van der Waals surface area contributed by atoms with Crippen molar-refractivity contribution >= 4 is 0 Å². The standard InChI is InChI=1S/C10H20O3/c1-5-8-9(11)10(12-4)6(2)7(3)13-8/h6-11H,5H2,1-4H3/t6-,7?,8+,9+,10-/m0/s1. The second kappa shape index (κ2) is 4.40. The summed E-state index contributed by atoms with van der Waals surface area (Å²) in [5.74, 6) is 0.253. The lowest BCUT2D eigenvalue weighted by Crippen LogP contribution is -2.53. The Morgan fingerprint density at radius 2 is 2.00 bits per heavy atom. The van der Waals surface area contributed by atoms with Gasteiger partial charge in [-0.15, -0.1) is 0 Å². The van der Waals surface area contributed by atoms with Crippen LogP contribution in [-0.4, -0.2) is 36.6 Å². The van der Waals surface area contributed by atoms with Crippen LogP contribution < -0.4 is 0 Å². The molecule has 0 aliphatic carbocycles. The highest BCUT2D eigenvalue weighted by molar-refractivity contribution is 4.88. The molecule has 0 saturated carbocycles. The lowest BCUT2D eigenvalue weighted by Gasteiger charge is -2.41. The summed E-state index contributed by atoms with van der Waals surface area (Å²) >= 11 is 0. The largest absolute Gasteiger partial charge is 0.388 e. The molecule has 3 heteroatoms. The maximum absolute atomic E-state index is 9.87. The molecule has 0 amide bonds. The van der Waals surface area contributed by atoms with E-state index >= 15 is 0 Å². The Bertz CT molecular complexity index is 160. The SMILES string of the molecule is CC[C@H]1OC(C)[C@H](C)[C@H](OC)[C@@H]1O. The summed E-state index contributed by atoms with van der Waals surface area (Å²) in [5, 5.41) is 9.87. The molecule has 1 rings (SSSR count). The predicted molar refractivity (Wildman–Crippen MR) is 50.6 cm³/mol. The summed E-state index contributed by atoms with van der Waals surface area (Å²) in [6.45, 7) is 6.10. The van der Waals surface area contributed by atoms with Gasteiger partial charge in [0.25, 0.3) is 0 Å². The predicted octanol–water partition coefficient (Wildman–Crippen LogP) is 1.20. The minimum atomic E-state index is -0.485. The van der Waals surface area contributed by atoms with Crippen LogP contribution in [0.25, 0.3) is 0 Å². The van der Waals surface area contributed by atoms with Crippen molar-refractivity contribution in [2.24, 2.45) is 5.92 Å². The Hall–Kier alpha value is -0.120. The van der Waals surface area contributed by atoms with Crippen molar-refractivity contribution < 1.29 is 14.6 Å². The van der Waals surface area contributed by atoms with Gasteiger partial charge in [0.1, 0.15) is 6.10 Å². The van der Waals surface area contributed by atoms with Crippen LogP contribution in [0.4, 0.5) is 0 Å². The normalized spacial score (nSPS) is 46.4. The highest BCUT2D eigenvalue weighted by Crippen LogP contribution is 2.28. The highest BCUT2D eigenvalue weighted by Gasteiger charge is 2.40. The van der Waals surface area contributed by atoms with Gasteiger partial charge in [0.2, 0.25) is 0 Å². The van der Waals surface area contributed by atoms with Crippen LogP contribution >= 0.6 is 0 Å². The fraction of sp³-hybridized carbons (Fsp3) is 1.00. The van der Waals surface area contributed by atoms with Crippen molar-refractivity contribution in [2.75, 3.05) is 7.11 Å². The average Bonchev–Trinajstić information content (AvgIpc) is 2.12. The highest BCUT2D eigenvalue weighted by atomic mass is 16.5. The molecule has 1 aliphatic heterocycles. The zero-order chi connectivity index (χ0) is 10.0. The summed E-state index contributed by atoms with van der Waals surface area (Å²) in [7, 11) is 1.65. The smallest absolute Gasteiger partial charge is 0.107 e. The lowest BCUT2D eigenvalue weighted by molar-refractivity contribution is -0.199. The summed E-state index contributed by atoms with van der Waals surface area (Å²) in [5.41, 5.74) is 0. The second-order valence-corrected chi connectivity index (χ2v) is 3.84. The molecular formula is C10H20O3. The van der Waals surface area contributed by atoms with E-state index in [2.05, 4.69) is 0 Å². The van der Waals surface area contributed by atoms with Gasteiger partial charge in [0.05, 0.1) is 18.3 Å². The summed E-state index contributed by atoms with van der Waals surface area (Å²) in [6.07, 6.45) is 0.349. The van der Waals surface area contributed by atoms with Crippen LogP contribution in [0.15, 0.2) is 0 Å². The Kier molecular flexibility index (Phi) is 3.71. The third-order valence-corrected chi connectivity index (χ3v) is 3.04. The topological polar surface area (TPSA) is 38.7 Å². The molecule has 0 radical (unpaired) electrons. The van der Waals surface area contributed by atoms with Gasteiger partial charge >= 0.3 is 0 Å². The molecule has 0 spiro atoms. The number of aliphatic hydroxyl groups is 1. The molecular weight excluding hydrogens is 168 g/mol. The van der Waals surface area contributed by atoms with Crippen LogP contribution in [0.3, 0.4) is 0 Å². The first-order valence-electron chi connectivity index (χ1n) is 4.98. The van der Waals surface area contributed by atoms with Crippen LogP contribution in [-0.2, 0) is 9.47 Å². The molecule has 0 aromatic rings. The molecule has 3 nitrogen and oxygen atoms in total. The van der Waals surface area contributed by atoms with E-state index in [0.717, 1.165) is 6.42 Å². The lowest BCUT2D eigenvalue weighted by atomic mass is 9.88. The Morgan fingerprint density at radius 3 is 2.46 bits per heavy atom. The van der Waals surface area contributed by atoms with E-state index in [-0.39, 0.29) is 24.2 Å². The number of hydrogen-bond acceptors (Lipinski definition) is 3. The molecule has 1 aliphatic rings. The maximum atomic E-state index is 9.87. The number of rotatable bonds is 2. The van der Waals surface area contributed by atoms with E-state index in [1.165, 1.54) is 0 Å². The van der Waals surface area contributed by atoms with Crippen molar-refractivity contribution in [1.29, 1.82) is 0 Å². The van der Waals surface area contributed by atoms with E-state index in [4.69, 9.17) is 9.47 Å². The first kappa shape index (κ1) is 11.0. The molecule has 0 bridgehead atoms. The number of ether oxygens (including phenoxy) is 2. The monoisotopic (exact) mass is 188 g/mol. The van der Waals surface area contributed by atoms with Crippen molar-refractivity contribution in [3.8, 4) is 0 Å². The number of hydrogen-bond donors (Lipinski definition) is 1. The first-order chi connectivity index (χ1) is 6.11. The van der Waals surface area contributed by atoms with Crippen LogP contribution in [0.2, 0.25) is 0 Å². The molecule has 13 heavy (non-hydrogen) atoms. The molecule has 0 aromatic carbocycles. The van der Waals surface area contributed by atoms with Crippen molar-refractivity contribution in [3.05, 3.63) is 0 Å². The molecule has 1 fully saturated rings. The quantitative estimate of drug-likeness (QED) is 0.707. The molecule has 1 heterocycles. The summed E-state index contributed by atoms with van der Waals surface area (Å²) in [6, 6.07) is 0. The number of methoxy groups -OCH3 is 1. The molecule has 1 N–H and O–H groups in total. The minimum Gasteiger partial charge on any atom is -0.388 e. The van der Waals surface area contributed by atoms with Crippen LogP contribution in [0, 0.1) is 5.92 Å². The van der Waals surface area contributed by atoms with E-state index in [9.17, 15) is 5.11 Å². The first-order valence-corrected chi connectivity index (χ1v) is 4.98. The average molecular weight is 188 g/mol. The Labute approximate surface area is 80.0 Å². The van der Waals surface area contributed by atoms with Gasteiger partial charge < -0.3 is 14.6 Å². The van der Waals surface area contributed by atoms with Crippen LogP contribution in [0.5, 0.6) is 0 Å². The molecule has 1 unspecified atom stereocenters. The van der Waals surface area contributed by atoms with Crippen molar-refractivity contribution in [1.82, 2.24) is 0 Å². The fourth-order valence-corrected chi connectivity index (χ4v) is 1.96. The third-order valence-electron chi connectivity index (χ3n) is 3.04. The van der Waals surface area contributed by atoms with Gasteiger partial charge in [-0.25, -0.2) is 0 Å². The molecule has 5 atom stereocenters. The van der Waals surface area contributed by atoms with Gasteiger partial charge in [0.15, 0.2) is 0 Å². The summed E-state index contributed by atoms with van der Waals surface area (Å²) in [4.78, 5) is 0. The third kappa shape index (κ3) is 2.03. The molecule has 1 saturated heterocycles. The summed E-state index contributed by atoms with van der Waals surface area (Å²) < 4.78 is 11.0. The second-order valence-electron chi connectivity index (χ2n) is 3.84. The van der Waals surface area contributed by atoms with Gasteiger partial charge in [0, 0.05) is 13.0 Å². The number of aliphatic hydroxyl groups excluding tert-OH is 1. The maximum Gasteiger partial charge on any atom is 0.107 e.